The van der Waals surface area contributed by atoms with E-state index in [1.54, 1.807) is 25.3 Å². The number of amides is 1. The van der Waals surface area contributed by atoms with Gasteiger partial charge in [0.05, 0.1) is 25.2 Å². The van der Waals surface area contributed by atoms with Crippen molar-refractivity contribution in [2.24, 2.45) is 0 Å². The molecule has 0 saturated carbocycles. The Labute approximate surface area is 162 Å². The Bertz CT molecular complexity index is 974. The van der Waals surface area contributed by atoms with Crippen molar-refractivity contribution < 1.29 is 9.53 Å². The zero-order chi connectivity index (χ0) is 19.4. The van der Waals surface area contributed by atoms with Crippen LogP contribution in [0.1, 0.15) is 21.6 Å². The molecule has 27 heavy (non-hydrogen) atoms. The fraction of sp³-hybridized carbons (Fsp3) is 0.150. The summed E-state index contributed by atoms with van der Waals surface area (Å²) in [5.41, 5.74) is 3.76. The quantitative estimate of drug-likeness (QED) is 0.665. The number of aromatic nitrogens is 2. The average Bonchev–Trinajstić information content (AvgIpc) is 2.66. The molecule has 1 amide bonds. The number of benzene rings is 2. The Morgan fingerprint density at radius 1 is 1.07 bits per heavy atom. The second kappa shape index (κ2) is 8.05. The van der Waals surface area contributed by atoms with Crippen LogP contribution in [0.15, 0.2) is 48.8 Å². The third kappa shape index (κ3) is 4.35. The summed E-state index contributed by atoms with van der Waals surface area (Å²) >= 11 is 6.02. The molecule has 1 heterocycles. The van der Waals surface area contributed by atoms with Crippen LogP contribution in [0, 0.1) is 13.8 Å². The lowest BCUT2D eigenvalue weighted by Gasteiger charge is -2.12. The van der Waals surface area contributed by atoms with E-state index in [1.165, 1.54) is 12.4 Å². The van der Waals surface area contributed by atoms with Crippen molar-refractivity contribution in [3.05, 3.63) is 70.6 Å². The van der Waals surface area contributed by atoms with Crippen LogP contribution in [0.25, 0.3) is 0 Å². The van der Waals surface area contributed by atoms with Crippen molar-refractivity contribution >= 4 is 34.7 Å². The molecule has 138 valence electrons. The van der Waals surface area contributed by atoms with Crippen LogP contribution in [-0.2, 0) is 0 Å². The van der Waals surface area contributed by atoms with Gasteiger partial charge in [-0.05, 0) is 49.2 Å². The van der Waals surface area contributed by atoms with Gasteiger partial charge in [-0.15, -0.1) is 0 Å². The number of halogens is 1. The van der Waals surface area contributed by atoms with Gasteiger partial charge in [-0.25, -0.2) is 9.97 Å². The van der Waals surface area contributed by atoms with Crippen LogP contribution in [0.4, 0.5) is 17.2 Å². The summed E-state index contributed by atoms with van der Waals surface area (Å²) in [5, 5.41) is 6.51. The van der Waals surface area contributed by atoms with Gasteiger partial charge in [0.25, 0.3) is 5.91 Å². The predicted octanol–water partition coefficient (Wildman–Crippen LogP) is 4.75. The van der Waals surface area contributed by atoms with Crippen molar-refractivity contribution in [2.75, 3.05) is 17.7 Å². The van der Waals surface area contributed by atoms with Crippen molar-refractivity contribution in [1.29, 1.82) is 0 Å². The Kier molecular flexibility index (Phi) is 5.57. The van der Waals surface area contributed by atoms with Crippen LogP contribution in [0.3, 0.4) is 0 Å². The topological polar surface area (TPSA) is 76.1 Å². The van der Waals surface area contributed by atoms with Gasteiger partial charge in [0.2, 0.25) is 0 Å². The molecule has 0 fully saturated rings. The lowest BCUT2D eigenvalue weighted by atomic mass is 10.1. The van der Waals surface area contributed by atoms with Crippen LogP contribution < -0.4 is 15.4 Å². The van der Waals surface area contributed by atoms with E-state index < -0.39 is 0 Å². The summed E-state index contributed by atoms with van der Waals surface area (Å²) in [6.45, 7) is 3.96. The van der Waals surface area contributed by atoms with E-state index in [0.29, 0.717) is 22.3 Å². The molecule has 2 aromatic carbocycles. The molecule has 0 spiro atoms. The zero-order valence-corrected chi connectivity index (χ0v) is 16.0. The number of aryl methyl sites for hydroxylation is 1. The predicted molar refractivity (Wildman–Crippen MR) is 107 cm³/mol. The fourth-order valence-corrected chi connectivity index (χ4v) is 2.67. The number of carbonyl (C=O) groups excluding carboxylic acids is 1. The monoisotopic (exact) mass is 382 g/mol. The number of anilines is 3. The van der Waals surface area contributed by atoms with Gasteiger partial charge < -0.3 is 15.4 Å². The lowest BCUT2D eigenvalue weighted by molar-refractivity contribution is 0.102. The van der Waals surface area contributed by atoms with E-state index in [2.05, 4.69) is 20.6 Å². The fourth-order valence-electron chi connectivity index (χ4n) is 2.50. The van der Waals surface area contributed by atoms with Crippen molar-refractivity contribution in [2.45, 2.75) is 13.8 Å². The Balaban J connectivity index is 1.74. The second-order valence-electron chi connectivity index (χ2n) is 5.96. The minimum Gasteiger partial charge on any atom is -0.495 e. The van der Waals surface area contributed by atoms with Gasteiger partial charge in [-0.2, -0.15) is 0 Å². The van der Waals surface area contributed by atoms with Crippen LogP contribution in [-0.4, -0.2) is 23.0 Å². The molecule has 0 radical (unpaired) electrons. The van der Waals surface area contributed by atoms with Gasteiger partial charge >= 0.3 is 0 Å². The normalized spacial score (nSPS) is 10.4. The molecule has 6 nitrogen and oxygen atoms in total. The molecule has 0 aliphatic rings. The van der Waals surface area contributed by atoms with E-state index >= 15 is 0 Å². The van der Waals surface area contributed by atoms with E-state index in [1.807, 2.05) is 32.0 Å². The third-order valence-corrected chi connectivity index (χ3v) is 4.40. The maximum atomic E-state index is 12.4. The standard InChI is InChI=1S/C20H19ClN4O2/c1-12-5-4-6-15(13(12)2)25-20(26)17-10-23-19(11-22-17)24-16-9-14(21)7-8-18(16)27-3/h4-11H,1-3H3,(H,23,24)(H,25,26). The van der Waals surface area contributed by atoms with Crippen LogP contribution in [0.5, 0.6) is 5.75 Å². The van der Waals surface area contributed by atoms with Crippen molar-refractivity contribution in [1.82, 2.24) is 9.97 Å². The van der Waals surface area contributed by atoms with Gasteiger partial charge in [-0.3, -0.25) is 4.79 Å². The highest BCUT2D eigenvalue weighted by Crippen LogP contribution is 2.29. The van der Waals surface area contributed by atoms with Crippen molar-refractivity contribution in [3.8, 4) is 5.75 Å². The first-order valence-corrected chi connectivity index (χ1v) is 8.66. The van der Waals surface area contributed by atoms with E-state index in [0.717, 1.165) is 16.8 Å². The highest BCUT2D eigenvalue weighted by molar-refractivity contribution is 6.31. The molecule has 0 aliphatic carbocycles. The maximum Gasteiger partial charge on any atom is 0.275 e. The SMILES string of the molecule is COc1ccc(Cl)cc1Nc1cnc(C(=O)Nc2cccc(C)c2C)cn1. The highest BCUT2D eigenvalue weighted by atomic mass is 35.5. The summed E-state index contributed by atoms with van der Waals surface area (Å²) in [4.78, 5) is 20.9. The molecular formula is C20H19ClN4O2. The summed E-state index contributed by atoms with van der Waals surface area (Å²) < 4.78 is 5.29. The first kappa shape index (κ1) is 18.7. The minimum absolute atomic E-state index is 0.222. The molecule has 0 atom stereocenters. The summed E-state index contributed by atoms with van der Waals surface area (Å²) in [7, 11) is 1.57. The van der Waals surface area contributed by atoms with E-state index in [9.17, 15) is 4.79 Å². The first-order chi connectivity index (χ1) is 13.0. The average molecular weight is 383 g/mol. The zero-order valence-electron chi connectivity index (χ0n) is 15.2. The van der Waals surface area contributed by atoms with Crippen LogP contribution in [0.2, 0.25) is 5.02 Å². The number of nitrogens with one attached hydrogen (secondary N) is 2. The van der Waals surface area contributed by atoms with Gasteiger partial charge in [0, 0.05) is 10.7 Å². The molecule has 1 aromatic heterocycles. The number of nitrogens with zero attached hydrogens (tertiary/aromatic N) is 2. The third-order valence-electron chi connectivity index (χ3n) is 4.16. The number of carbonyl (C=O) groups is 1. The Morgan fingerprint density at radius 3 is 2.59 bits per heavy atom. The molecule has 0 bridgehead atoms. The Morgan fingerprint density at radius 2 is 1.89 bits per heavy atom. The van der Waals surface area contributed by atoms with E-state index in [4.69, 9.17) is 16.3 Å². The van der Waals surface area contributed by atoms with Gasteiger partial charge in [0.1, 0.15) is 17.3 Å². The Hall–Kier alpha value is -3.12. The maximum absolute atomic E-state index is 12.4. The molecule has 3 aromatic rings. The molecule has 3 rings (SSSR count). The molecule has 0 unspecified atom stereocenters. The largest absolute Gasteiger partial charge is 0.495 e. The summed E-state index contributed by atoms with van der Waals surface area (Å²) in [5.74, 6) is 0.778. The number of rotatable bonds is 5. The van der Waals surface area contributed by atoms with Gasteiger partial charge in [-0.1, -0.05) is 23.7 Å². The highest BCUT2D eigenvalue weighted by Gasteiger charge is 2.11. The number of hydrogen-bond donors (Lipinski definition) is 2. The van der Waals surface area contributed by atoms with Crippen molar-refractivity contribution in [3.63, 3.8) is 0 Å². The van der Waals surface area contributed by atoms with Crippen LogP contribution >= 0.6 is 11.6 Å². The molecule has 7 heteroatoms. The minimum atomic E-state index is -0.317. The number of ether oxygens (including phenoxy) is 1. The molecular weight excluding hydrogens is 364 g/mol. The first-order valence-electron chi connectivity index (χ1n) is 8.28. The lowest BCUT2D eigenvalue weighted by Crippen LogP contribution is -2.15. The molecule has 2 N–H and O–H groups in total. The second-order valence-corrected chi connectivity index (χ2v) is 6.39. The number of methoxy groups -OCH3 is 1. The number of hydrogen-bond acceptors (Lipinski definition) is 5. The van der Waals surface area contributed by atoms with Gasteiger partial charge in [0.15, 0.2) is 0 Å². The smallest absolute Gasteiger partial charge is 0.275 e. The van der Waals surface area contributed by atoms with E-state index in [-0.39, 0.29) is 11.6 Å². The molecule has 0 aliphatic heterocycles. The molecule has 0 saturated heterocycles. The summed E-state index contributed by atoms with van der Waals surface area (Å²) in [6, 6.07) is 11.0. The summed E-state index contributed by atoms with van der Waals surface area (Å²) in [6.07, 6.45) is 2.90.